The third kappa shape index (κ3) is 4.01. The van der Waals surface area contributed by atoms with E-state index in [1.807, 2.05) is 20.8 Å². The molecule has 0 aliphatic rings. The Morgan fingerprint density at radius 2 is 1.67 bits per heavy atom. The maximum atomic E-state index is 10.4. The molecule has 0 heterocycles. The molecule has 0 bridgehead atoms. The first-order valence-electron chi connectivity index (χ1n) is 2.85. The van der Waals surface area contributed by atoms with Gasteiger partial charge in [0, 0.05) is 5.92 Å². The summed E-state index contributed by atoms with van der Waals surface area (Å²) in [7, 11) is 0. The highest BCUT2D eigenvalue weighted by Crippen LogP contribution is 2.06. The molecule has 56 valence electrons. The predicted molar refractivity (Wildman–Crippen MR) is 39.9 cm³/mol. The normalized spacial score (nSPS) is 12.4. The summed E-state index contributed by atoms with van der Waals surface area (Å²) in [6.07, 6.45) is 0. The molecule has 9 heavy (non-hydrogen) atoms. The lowest BCUT2D eigenvalue weighted by atomic mass is 9.98. The van der Waals surface area contributed by atoms with Gasteiger partial charge in [-0.25, -0.2) is 0 Å². The van der Waals surface area contributed by atoms with Crippen molar-refractivity contribution < 1.29 is 4.79 Å². The Labute approximate surface area is 57.4 Å². The van der Waals surface area contributed by atoms with Gasteiger partial charge in [-0.05, 0) is 5.92 Å². The van der Waals surface area contributed by atoms with Crippen LogP contribution < -0.4 is 5.73 Å². The zero-order valence-corrected chi connectivity index (χ0v) is 5.64. The molecule has 0 radical (unpaired) electrons. The van der Waals surface area contributed by atoms with Crippen LogP contribution in [0.5, 0.6) is 0 Å². The number of carbonyl (C=O) groups excluding carboxylic acids is 1. The van der Waals surface area contributed by atoms with Crippen LogP contribution >= 0.6 is 0 Å². The number of nitrogens with two attached hydrogens (primary N) is 1. The topological polar surface area (TPSA) is 43.1 Å². The van der Waals surface area contributed by atoms with Crippen LogP contribution in [0.3, 0.4) is 0 Å². The van der Waals surface area contributed by atoms with Crippen LogP contribution in [0.25, 0.3) is 0 Å². The molecular formula is C7H17NO. The van der Waals surface area contributed by atoms with Crippen molar-refractivity contribution in [2.75, 3.05) is 0 Å². The number of amides is 1. The number of carbonyl (C=O) groups is 1. The van der Waals surface area contributed by atoms with Gasteiger partial charge in [-0.3, -0.25) is 4.79 Å². The molecule has 1 atom stereocenters. The predicted octanol–water partition coefficient (Wildman–Crippen LogP) is 1.40. The van der Waals surface area contributed by atoms with Gasteiger partial charge in [0.2, 0.25) is 5.91 Å². The van der Waals surface area contributed by atoms with Gasteiger partial charge in [-0.2, -0.15) is 0 Å². The van der Waals surface area contributed by atoms with E-state index in [0.29, 0.717) is 5.92 Å². The van der Waals surface area contributed by atoms with Crippen molar-refractivity contribution in [2.45, 2.75) is 28.2 Å². The maximum Gasteiger partial charge on any atom is 0.220 e. The molecule has 0 aromatic heterocycles. The van der Waals surface area contributed by atoms with Crippen molar-refractivity contribution >= 4 is 5.91 Å². The smallest absolute Gasteiger partial charge is 0.220 e. The summed E-state index contributed by atoms with van der Waals surface area (Å²) < 4.78 is 0. The van der Waals surface area contributed by atoms with Crippen molar-refractivity contribution in [1.82, 2.24) is 0 Å². The average molecular weight is 131 g/mol. The quantitative estimate of drug-likeness (QED) is 0.604. The van der Waals surface area contributed by atoms with E-state index < -0.39 is 0 Å². The fourth-order valence-electron chi connectivity index (χ4n) is 0.329. The minimum atomic E-state index is -0.208. The highest BCUT2D eigenvalue weighted by atomic mass is 16.1. The summed E-state index contributed by atoms with van der Waals surface area (Å²) in [5.41, 5.74) is 5.00. The second-order valence-corrected chi connectivity index (χ2v) is 2.44. The van der Waals surface area contributed by atoms with Crippen molar-refractivity contribution in [3.63, 3.8) is 0 Å². The molecule has 0 saturated heterocycles. The molecule has 2 heteroatoms. The molecule has 0 aromatic carbocycles. The molecule has 2 N–H and O–H groups in total. The van der Waals surface area contributed by atoms with E-state index in [4.69, 9.17) is 5.73 Å². The van der Waals surface area contributed by atoms with Gasteiger partial charge in [-0.15, -0.1) is 0 Å². The Morgan fingerprint density at radius 3 is 1.67 bits per heavy atom. The molecule has 1 unspecified atom stereocenters. The minimum Gasteiger partial charge on any atom is -0.369 e. The van der Waals surface area contributed by atoms with Gasteiger partial charge < -0.3 is 5.73 Å². The summed E-state index contributed by atoms with van der Waals surface area (Å²) in [5, 5.41) is 0. The summed E-state index contributed by atoms with van der Waals surface area (Å²) in [5.74, 6) is 0.169. The maximum absolute atomic E-state index is 10.4. The van der Waals surface area contributed by atoms with Gasteiger partial charge >= 0.3 is 0 Å². The first kappa shape index (κ1) is 11.3. The lowest BCUT2D eigenvalue weighted by Crippen LogP contribution is -2.24. The molecule has 2 nitrogen and oxygen atoms in total. The largest absolute Gasteiger partial charge is 0.369 e. The Bertz CT molecular complexity index is 88.9. The van der Waals surface area contributed by atoms with E-state index in [1.54, 1.807) is 0 Å². The minimum absolute atomic E-state index is 0. The van der Waals surface area contributed by atoms with Crippen LogP contribution in [0.2, 0.25) is 0 Å². The van der Waals surface area contributed by atoms with E-state index in [0.717, 1.165) is 0 Å². The van der Waals surface area contributed by atoms with Crippen LogP contribution in [-0.4, -0.2) is 5.91 Å². The molecular weight excluding hydrogens is 114 g/mol. The van der Waals surface area contributed by atoms with Crippen LogP contribution in [0.1, 0.15) is 28.2 Å². The van der Waals surface area contributed by atoms with Crippen molar-refractivity contribution in [1.29, 1.82) is 0 Å². The second kappa shape index (κ2) is 4.36. The van der Waals surface area contributed by atoms with Crippen molar-refractivity contribution in [2.24, 2.45) is 17.6 Å². The van der Waals surface area contributed by atoms with Gasteiger partial charge in [0.25, 0.3) is 0 Å². The Balaban J connectivity index is 0. The standard InChI is InChI=1S/C6H13NO.CH4/c1-4(2)5(3)6(7)8;/h4-5H,1-3H3,(H2,7,8);1H4. The van der Waals surface area contributed by atoms with Gasteiger partial charge in [0.05, 0.1) is 0 Å². The first-order chi connectivity index (χ1) is 3.55. The lowest BCUT2D eigenvalue weighted by molar-refractivity contribution is -0.122. The Morgan fingerprint density at radius 1 is 1.33 bits per heavy atom. The molecule has 0 aliphatic heterocycles. The second-order valence-electron chi connectivity index (χ2n) is 2.44. The molecule has 0 saturated carbocycles. The highest BCUT2D eigenvalue weighted by Gasteiger charge is 2.11. The monoisotopic (exact) mass is 131 g/mol. The molecule has 0 aromatic rings. The number of primary amides is 1. The number of rotatable bonds is 2. The molecule has 1 amide bonds. The zero-order valence-electron chi connectivity index (χ0n) is 5.64. The van der Waals surface area contributed by atoms with E-state index in [-0.39, 0.29) is 19.3 Å². The Hall–Kier alpha value is -0.530. The van der Waals surface area contributed by atoms with Gasteiger partial charge in [0.1, 0.15) is 0 Å². The van der Waals surface area contributed by atoms with Gasteiger partial charge in [-0.1, -0.05) is 28.2 Å². The summed E-state index contributed by atoms with van der Waals surface area (Å²) >= 11 is 0. The van der Waals surface area contributed by atoms with Crippen LogP contribution in [-0.2, 0) is 4.79 Å². The molecule has 0 aliphatic carbocycles. The van der Waals surface area contributed by atoms with E-state index in [9.17, 15) is 4.79 Å². The molecule has 0 spiro atoms. The Kier molecular flexibility index (Phi) is 5.47. The van der Waals surface area contributed by atoms with Crippen molar-refractivity contribution in [3.8, 4) is 0 Å². The van der Waals surface area contributed by atoms with E-state index >= 15 is 0 Å². The summed E-state index contributed by atoms with van der Waals surface area (Å²) in [6.45, 7) is 5.80. The highest BCUT2D eigenvalue weighted by molar-refractivity contribution is 5.76. The summed E-state index contributed by atoms with van der Waals surface area (Å²) in [4.78, 5) is 10.4. The third-order valence-electron chi connectivity index (χ3n) is 1.45. The first-order valence-corrected chi connectivity index (χ1v) is 2.85. The number of hydrogen-bond acceptors (Lipinski definition) is 1. The van der Waals surface area contributed by atoms with Crippen LogP contribution in [0.15, 0.2) is 0 Å². The fraction of sp³-hybridized carbons (Fsp3) is 0.857. The van der Waals surface area contributed by atoms with Gasteiger partial charge in [0.15, 0.2) is 0 Å². The van der Waals surface area contributed by atoms with E-state index in [2.05, 4.69) is 0 Å². The molecule has 0 rings (SSSR count). The average Bonchev–Trinajstić information content (AvgIpc) is 1.64. The summed E-state index contributed by atoms with van der Waals surface area (Å²) in [6, 6.07) is 0. The van der Waals surface area contributed by atoms with Crippen LogP contribution in [0, 0.1) is 11.8 Å². The zero-order chi connectivity index (χ0) is 6.73. The van der Waals surface area contributed by atoms with Crippen LogP contribution in [0.4, 0.5) is 0 Å². The number of hydrogen-bond donors (Lipinski definition) is 1. The molecule has 0 fully saturated rings. The SMILES string of the molecule is C.CC(C)C(C)C(N)=O. The van der Waals surface area contributed by atoms with Crippen molar-refractivity contribution in [3.05, 3.63) is 0 Å². The lowest BCUT2D eigenvalue weighted by Gasteiger charge is -2.09. The van der Waals surface area contributed by atoms with E-state index in [1.165, 1.54) is 0 Å². The fourth-order valence-corrected chi connectivity index (χ4v) is 0.329. The third-order valence-corrected chi connectivity index (χ3v) is 1.45.